The molecule has 80 valence electrons. The van der Waals surface area contributed by atoms with Crippen molar-refractivity contribution in [2.45, 2.75) is 13.8 Å². The van der Waals surface area contributed by atoms with Crippen LogP contribution in [0.2, 0.25) is 0 Å². The van der Waals surface area contributed by atoms with Crippen molar-refractivity contribution in [3.8, 4) is 0 Å². The Labute approximate surface area is 84.4 Å². The van der Waals surface area contributed by atoms with Crippen molar-refractivity contribution < 1.29 is 13.2 Å². The van der Waals surface area contributed by atoms with Crippen molar-refractivity contribution in [2.24, 2.45) is 5.92 Å². The average molecular weight is 230 g/mol. The van der Waals surface area contributed by atoms with Crippen molar-refractivity contribution in [3.05, 3.63) is 0 Å². The van der Waals surface area contributed by atoms with Crippen molar-refractivity contribution in [3.63, 3.8) is 0 Å². The molecule has 0 spiro atoms. The molecular weight excluding hydrogens is 214 g/mol. The fraction of sp³-hybridized carbons (Fsp3) is 1.00. The van der Waals surface area contributed by atoms with Crippen LogP contribution < -0.4 is 0 Å². The van der Waals surface area contributed by atoms with Crippen LogP contribution in [0, 0.1) is 5.92 Å². The number of halogens is 1. The number of nitrogens with zero attached hydrogens (tertiary/aromatic N) is 1. The Hall–Kier alpha value is 0.160. The van der Waals surface area contributed by atoms with Crippen molar-refractivity contribution >= 4 is 19.9 Å². The summed E-state index contributed by atoms with van der Waals surface area (Å²) in [5.74, 6) is 0.255. The third-order valence-corrected chi connectivity index (χ3v) is 2.96. The Balaban J connectivity index is 4.21. The quantitative estimate of drug-likeness (QED) is 0.641. The van der Waals surface area contributed by atoms with E-state index in [0.717, 1.165) is 0 Å². The molecule has 0 fully saturated rings. The highest BCUT2D eigenvalue weighted by Gasteiger charge is 2.19. The Morgan fingerprint density at radius 2 is 2.00 bits per heavy atom. The zero-order valence-corrected chi connectivity index (χ0v) is 9.73. The molecule has 13 heavy (non-hydrogen) atoms. The highest BCUT2D eigenvalue weighted by atomic mass is 35.7. The predicted molar refractivity (Wildman–Crippen MR) is 53.1 cm³/mol. The first-order chi connectivity index (χ1) is 5.88. The van der Waals surface area contributed by atoms with Gasteiger partial charge < -0.3 is 4.74 Å². The molecule has 0 aromatic heterocycles. The maximum absolute atomic E-state index is 11.0. The molecule has 0 unspecified atom stereocenters. The van der Waals surface area contributed by atoms with E-state index >= 15 is 0 Å². The number of methoxy groups -OCH3 is 1. The van der Waals surface area contributed by atoms with E-state index < -0.39 is 9.24 Å². The van der Waals surface area contributed by atoms with E-state index in [0.29, 0.717) is 19.7 Å². The van der Waals surface area contributed by atoms with Crippen LogP contribution in [0.15, 0.2) is 0 Å². The lowest BCUT2D eigenvalue weighted by atomic mass is 10.2. The topological polar surface area (TPSA) is 46.6 Å². The first kappa shape index (κ1) is 13.2. The summed E-state index contributed by atoms with van der Waals surface area (Å²) in [4.78, 5) is 0. The van der Waals surface area contributed by atoms with Gasteiger partial charge in [-0.25, -0.2) is 0 Å². The standard InChI is InChI=1S/C7H16ClNO3S/c1-7(2)6-9(4-5-12-3)13(8,10)11/h7H,4-6H2,1-3H3. The number of hydrogen-bond acceptors (Lipinski definition) is 3. The molecule has 0 N–H and O–H groups in total. The maximum atomic E-state index is 11.0. The van der Waals surface area contributed by atoms with Crippen molar-refractivity contribution in [1.82, 2.24) is 4.31 Å². The Morgan fingerprint density at radius 3 is 2.31 bits per heavy atom. The van der Waals surface area contributed by atoms with Crippen LogP contribution in [0.4, 0.5) is 0 Å². The molecule has 0 amide bonds. The van der Waals surface area contributed by atoms with Gasteiger partial charge in [0.15, 0.2) is 0 Å². The van der Waals surface area contributed by atoms with Gasteiger partial charge in [-0.3, -0.25) is 0 Å². The van der Waals surface area contributed by atoms with Crippen LogP contribution in [-0.2, 0) is 14.0 Å². The number of ether oxygens (including phenoxy) is 1. The minimum Gasteiger partial charge on any atom is -0.383 e. The third kappa shape index (κ3) is 6.26. The van der Waals surface area contributed by atoms with Crippen LogP contribution in [0.25, 0.3) is 0 Å². The normalized spacial score (nSPS) is 12.8. The molecule has 0 aliphatic rings. The average Bonchev–Trinajstić information content (AvgIpc) is 1.95. The number of rotatable bonds is 6. The largest absolute Gasteiger partial charge is 0.383 e. The van der Waals surface area contributed by atoms with Crippen LogP contribution in [0.1, 0.15) is 13.8 Å². The zero-order valence-electron chi connectivity index (χ0n) is 8.16. The molecule has 0 saturated carbocycles. The smallest absolute Gasteiger partial charge is 0.299 e. The maximum Gasteiger partial charge on any atom is 0.299 e. The molecule has 0 aliphatic carbocycles. The molecule has 0 aliphatic heterocycles. The molecule has 0 saturated heterocycles. The molecule has 0 radical (unpaired) electrons. The summed E-state index contributed by atoms with van der Waals surface area (Å²) in [6.45, 7) is 4.96. The summed E-state index contributed by atoms with van der Waals surface area (Å²) in [7, 11) is 3.14. The lowest BCUT2D eigenvalue weighted by Gasteiger charge is -2.19. The van der Waals surface area contributed by atoms with Gasteiger partial charge in [0.25, 0.3) is 9.24 Å². The van der Waals surface area contributed by atoms with Crippen LogP contribution >= 0.6 is 10.7 Å². The van der Waals surface area contributed by atoms with Gasteiger partial charge in [-0.05, 0) is 5.92 Å². The van der Waals surface area contributed by atoms with E-state index in [2.05, 4.69) is 0 Å². The van der Waals surface area contributed by atoms with E-state index in [1.165, 1.54) is 11.4 Å². The minimum absolute atomic E-state index is 0.255. The van der Waals surface area contributed by atoms with Gasteiger partial charge in [0.2, 0.25) is 0 Å². The van der Waals surface area contributed by atoms with E-state index in [9.17, 15) is 8.42 Å². The minimum atomic E-state index is -3.61. The van der Waals surface area contributed by atoms with Gasteiger partial charge >= 0.3 is 0 Å². The monoisotopic (exact) mass is 229 g/mol. The second-order valence-corrected chi connectivity index (χ2v) is 5.70. The fourth-order valence-corrected chi connectivity index (χ4v) is 2.03. The number of hydrogen-bond donors (Lipinski definition) is 0. The van der Waals surface area contributed by atoms with Crippen molar-refractivity contribution in [2.75, 3.05) is 26.8 Å². The van der Waals surface area contributed by atoms with Gasteiger partial charge in [-0.15, -0.1) is 0 Å². The van der Waals surface area contributed by atoms with Crippen molar-refractivity contribution in [1.29, 1.82) is 0 Å². The summed E-state index contributed by atoms with van der Waals surface area (Å²) >= 11 is 0. The van der Waals surface area contributed by atoms with E-state index in [1.54, 1.807) is 0 Å². The molecule has 0 aromatic rings. The summed E-state index contributed by atoms with van der Waals surface area (Å²) in [6, 6.07) is 0. The first-order valence-corrected chi connectivity index (χ1v) is 6.33. The second kappa shape index (κ2) is 5.80. The molecule has 0 atom stereocenters. The van der Waals surface area contributed by atoms with E-state index in [1.807, 2.05) is 13.8 Å². The first-order valence-electron chi connectivity index (χ1n) is 4.06. The molecule has 6 heteroatoms. The Kier molecular flexibility index (Phi) is 5.87. The van der Waals surface area contributed by atoms with E-state index in [4.69, 9.17) is 15.4 Å². The van der Waals surface area contributed by atoms with Crippen LogP contribution in [0.3, 0.4) is 0 Å². The molecule has 0 rings (SSSR count). The molecule has 0 aromatic carbocycles. The Morgan fingerprint density at radius 1 is 1.46 bits per heavy atom. The SMILES string of the molecule is COCCN(CC(C)C)S(=O)(=O)Cl. The lowest BCUT2D eigenvalue weighted by molar-refractivity contribution is 0.176. The van der Waals surface area contributed by atoms with Gasteiger partial charge in [0.05, 0.1) is 6.61 Å². The van der Waals surface area contributed by atoms with Gasteiger partial charge in [0, 0.05) is 30.9 Å². The lowest BCUT2D eigenvalue weighted by Crippen LogP contribution is -2.33. The Bertz CT molecular complexity index is 228. The van der Waals surface area contributed by atoms with Gasteiger partial charge in [0.1, 0.15) is 0 Å². The summed E-state index contributed by atoms with van der Waals surface area (Å²) in [5.41, 5.74) is 0. The van der Waals surface area contributed by atoms with E-state index in [-0.39, 0.29) is 5.92 Å². The summed E-state index contributed by atoms with van der Waals surface area (Å²) in [5, 5.41) is 0. The zero-order chi connectivity index (χ0) is 10.5. The second-order valence-electron chi connectivity index (χ2n) is 3.19. The third-order valence-electron chi connectivity index (χ3n) is 1.42. The molecule has 0 bridgehead atoms. The van der Waals surface area contributed by atoms with Gasteiger partial charge in [-0.1, -0.05) is 13.8 Å². The highest BCUT2D eigenvalue weighted by Crippen LogP contribution is 2.09. The predicted octanol–water partition coefficient (Wildman–Crippen LogP) is 1.07. The highest BCUT2D eigenvalue weighted by molar-refractivity contribution is 8.11. The van der Waals surface area contributed by atoms with Crippen LogP contribution in [0.5, 0.6) is 0 Å². The summed E-state index contributed by atoms with van der Waals surface area (Å²) < 4.78 is 28.0. The van der Waals surface area contributed by atoms with Gasteiger partial charge in [-0.2, -0.15) is 12.7 Å². The summed E-state index contributed by atoms with van der Waals surface area (Å²) in [6.07, 6.45) is 0. The molecular formula is C7H16ClNO3S. The molecule has 4 nitrogen and oxygen atoms in total. The fourth-order valence-electron chi connectivity index (χ4n) is 0.890. The molecule has 0 heterocycles. The van der Waals surface area contributed by atoms with Crippen LogP contribution in [-0.4, -0.2) is 39.5 Å².